The molecule has 0 aromatic heterocycles. The van der Waals surface area contributed by atoms with Crippen molar-refractivity contribution < 1.29 is 0 Å². The molecule has 0 radical (unpaired) electrons. The van der Waals surface area contributed by atoms with E-state index in [1.54, 1.807) is 0 Å². The highest BCUT2D eigenvalue weighted by Gasteiger charge is 2.22. The topological polar surface area (TPSA) is 12.0 Å². The van der Waals surface area contributed by atoms with Gasteiger partial charge in [-0.2, -0.15) is 0 Å². The Bertz CT molecular complexity index is 109. The Morgan fingerprint density at radius 1 is 1.36 bits per heavy atom. The van der Waals surface area contributed by atoms with Gasteiger partial charge in [-0.3, -0.25) is 0 Å². The van der Waals surface area contributed by atoms with Crippen LogP contribution < -0.4 is 5.32 Å². The molecule has 0 amide bonds. The predicted octanol–water partition coefficient (Wildman–Crippen LogP) is 2.42. The van der Waals surface area contributed by atoms with Gasteiger partial charge in [0.2, 0.25) is 0 Å². The molecule has 0 bridgehead atoms. The van der Waals surface area contributed by atoms with Crippen molar-refractivity contribution in [2.24, 2.45) is 11.8 Å². The fraction of sp³-hybridized carbons (Fsp3) is 1.00. The first-order valence-corrected chi connectivity index (χ1v) is 4.93. The van der Waals surface area contributed by atoms with E-state index >= 15 is 0 Å². The lowest BCUT2D eigenvalue weighted by atomic mass is 10.1. The van der Waals surface area contributed by atoms with Gasteiger partial charge in [0.1, 0.15) is 0 Å². The molecule has 0 heterocycles. The van der Waals surface area contributed by atoms with Crippen molar-refractivity contribution in [2.45, 2.75) is 46.1 Å². The first kappa shape index (κ1) is 9.05. The Kier molecular flexibility index (Phi) is 3.38. The van der Waals surface area contributed by atoms with Crippen LogP contribution in [0.25, 0.3) is 0 Å². The average Bonchev–Trinajstić information content (AvgIpc) is 2.31. The number of nitrogens with one attached hydrogen (secondary N) is 1. The Balaban J connectivity index is 2.15. The molecular weight excluding hydrogens is 134 g/mol. The van der Waals surface area contributed by atoms with E-state index < -0.39 is 0 Å². The van der Waals surface area contributed by atoms with Crippen LogP contribution in [0.3, 0.4) is 0 Å². The third-order valence-electron chi connectivity index (χ3n) is 2.65. The molecular formula is C10H21N. The Morgan fingerprint density at radius 2 is 2.09 bits per heavy atom. The van der Waals surface area contributed by atoms with Gasteiger partial charge in [-0.1, -0.05) is 27.2 Å². The van der Waals surface area contributed by atoms with E-state index in [1.807, 2.05) is 0 Å². The minimum absolute atomic E-state index is 0.794. The molecule has 0 aromatic rings. The zero-order chi connectivity index (χ0) is 8.27. The first-order chi connectivity index (χ1) is 5.20. The van der Waals surface area contributed by atoms with Gasteiger partial charge in [-0.25, -0.2) is 0 Å². The fourth-order valence-electron chi connectivity index (χ4n) is 1.84. The van der Waals surface area contributed by atoms with Crippen molar-refractivity contribution in [1.82, 2.24) is 5.32 Å². The van der Waals surface area contributed by atoms with Crippen molar-refractivity contribution in [2.75, 3.05) is 6.54 Å². The summed E-state index contributed by atoms with van der Waals surface area (Å²) in [4.78, 5) is 0. The van der Waals surface area contributed by atoms with Crippen LogP contribution in [0.5, 0.6) is 0 Å². The van der Waals surface area contributed by atoms with E-state index in [-0.39, 0.29) is 0 Å². The van der Waals surface area contributed by atoms with Crippen molar-refractivity contribution in [3.63, 3.8) is 0 Å². The molecule has 0 aliphatic heterocycles. The molecule has 0 aromatic carbocycles. The highest BCUT2D eigenvalue weighted by Crippen LogP contribution is 2.24. The van der Waals surface area contributed by atoms with E-state index in [2.05, 4.69) is 26.1 Å². The first-order valence-electron chi connectivity index (χ1n) is 4.93. The average molecular weight is 155 g/mol. The lowest BCUT2D eigenvalue weighted by molar-refractivity contribution is 0.401. The summed E-state index contributed by atoms with van der Waals surface area (Å²) in [5, 5.41) is 3.63. The van der Waals surface area contributed by atoms with Crippen LogP contribution >= 0.6 is 0 Å². The molecule has 1 fully saturated rings. The van der Waals surface area contributed by atoms with E-state index in [0.717, 1.165) is 17.9 Å². The van der Waals surface area contributed by atoms with Gasteiger partial charge in [0.15, 0.2) is 0 Å². The molecule has 66 valence electrons. The fourth-order valence-corrected chi connectivity index (χ4v) is 1.84. The second kappa shape index (κ2) is 4.10. The van der Waals surface area contributed by atoms with Gasteiger partial charge < -0.3 is 5.32 Å². The molecule has 1 N–H and O–H groups in total. The van der Waals surface area contributed by atoms with Gasteiger partial charge in [-0.05, 0) is 31.2 Å². The van der Waals surface area contributed by atoms with Crippen LogP contribution in [-0.2, 0) is 0 Å². The molecule has 1 heteroatoms. The van der Waals surface area contributed by atoms with E-state index in [9.17, 15) is 0 Å². The second-order valence-electron chi connectivity index (χ2n) is 4.32. The maximum atomic E-state index is 3.63. The van der Waals surface area contributed by atoms with Gasteiger partial charge in [0.25, 0.3) is 0 Å². The Labute approximate surface area is 70.6 Å². The zero-order valence-corrected chi connectivity index (χ0v) is 8.06. The molecule has 2 unspecified atom stereocenters. The summed E-state index contributed by atoms with van der Waals surface area (Å²) < 4.78 is 0. The van der Waals surface area contributed by atoms with Crippen LogP contribution in [-0.4, -0.2) is 12.6 Å². The quantitative estimate of drug-likeness (QED) is 0.660. The van der Waals surface area contributed by atoms with Crippen molar-refractivity contribution >= 4 is 0 Å². The summed E-state index contributed by atoms with van der Waals surface area (Å²) in [6.07, 6.45) is 4.25. The maximum absolute atomic E-state index is 3.63. The van der Waals surface area contributed by atoms with Gasteiger partial charge in [0, 0.05) is 6.04 Å². The molecule has 1 aliphatic carbocycles. The zero-order valence-electron chi connectivity index (χ0n) is 8.06. The van der Waals surface area contributed by atoms with Gasteiger partial charge in [0.05, 0.1) is 0 Å². The molecule has 1 rings (SSSR count). The largest absolute Gasteiger partial charge is 0.313 e. The predicted molar refractivity (Wildman–Crippen MR) is 49.6 cm³/mol. The summed E-state index contributed by atoms with van der Waals surface area (Å²) in [5.74, 6) is 1.71. The third-order valence-corrected chi connectivity index (χ3v) is 2.65. The summed E-state index contributed by atoms with van der Waals surface area (Å²) in [7, 11) is 0. The SMILES string of the molecule is CC(C)CNC1CCCC1C. The number of hydrogen-bond donors (Lipinski definition) is 1. The van der Waals surface area contributed by atoms with Crippen molar-refractivity contribution in [3.8, 4) is 0 Å². The molecule has 2 atom stereocenters. The summed E-state index contributed by atoms with van der Waals surface area (Å²) in [6.45, 7) is 8.10. The van der Waals surface area contributed by atoms with Crippen LogP contribution in [0.1, 0.15) is 40.0 Å². The smallest absolute Gasteiger partial charge is 0.00928 e. The van der Waals surface area contributed by atoms with Gasteiger partial charge >= 0.3 is 0 Å². The molecule has 1 nitrogen and oxygen atoms in total. The highest BCUT2D eigenvalue weighted by atomic mass is 14.9. The number of hydrogen-bond acceptors (Lipinski definition) is 1. The molecule has 0 spiro atoms. The van der Waals surface area contributed by atoms with E-state index in [0.29, 0.717) is 0 Å². The monoisotopic (exact) mass is 155 g/mol. The molecule has 11 heavy (non-hydrogen) atoms. The van der Waals surface area contributed by atoms with E-state index in [1.165, 1.54) is 25.8 Å². The normalized spacial score (nSPS) is 31.6. The second-order valence-corrected chi connectivity index (χ2v) is 4.32. The van der Waals surface area contributed by atoms with Crippen molar-refractivity contribution in [3.05, 3.63) is 0 Å². The third kappa shape index (κ3) is 2.82. The van der Waals surface area contributed by atoms with E-state index in [4.69, 9.17) is 0 Å². The summed E-state index contributed by atoms with van der Waals surface area (Å²) in [6, 6.07) is 0.817. The Morgan fingerprint density at radius 3 is 2.55 bits per heavy atom. The Hall–Kier alpha value is -0.0400. The lowest BCUT2D eigenvalue weighted by Gasteiger charge is -2.18. The van der Waals surface area contributed by atoms with Crippen LogP contribution in [0.4, 0.5) is 0 Å². The molecule has 0 saturated heterocycles. The maximum Gasteiger partial charge on any atom is 0.00928 e. The number of rotatable bonds is 3. The van der Waals surface area contributed by atoms with Crippen LogP contribution in [0, 0.1) is 11.8 Å². The minimum atomic E-state index is 0.794. The summed E-state index contributed by atoms with van der Waals surface area (Å²) in [5.41, 5.74) is 0. The van der Waals surface area contributed by atoms with Crippen LogP contribution in [0.15, 0.2) is 0 Å². The minimum Gasteiger partial charge on any atom is -0.313 e. The highest BCUT2D eigenvalue weighted by molar-refractivity contribution is 4.80. The lowest BCUT2D eigenvalue weighted by Crippen LogP contribution is -2.33. The van der Waals surface area contributed by atoms with Crippen molar-refractivity contribution in [1.29, 1.82) is 0 Å². The molecule has 1 aliphatic rings. The van der Waals surface area contributed by atoms with Gasteiger partial charge in [-0.15, -0.1) is 0 Å². The summed E-state index contributed by atoms with van der Waals surface area (Å²) >= 11 is 0. The standard InChI is InChI=1S/C10H21N/c1-8(2)7-11-10-6-4-5-9(10)3/h8-11H,4-7H2,1-3H3. The van der Waals surface area contributed by atoms with Crippen LogP contribution in [0.2, 0.25) is 0 Å². The molecule has 1 saturated carbocycles.